The number of carbonyl (C=O) groups is 2. The van der Waals surface area contributed by atoms with Gasteiger partial charge in [0, 0.05) is 35.8 Å². The Hall–Kier alpha value is -1.73. The molecule has 1 aliphatic heterocycles. The molecule has 1 heterocycles. The van der Waals surface area contributed by atoms with Crippen molar-refractivity contribution in [3.8, 4) is 0 Å². The highest BCUT2D eigenvalue weighted by atomic mass is 32.2. The van der Waals surface area contributed by atoms with Crippen molar-refractivity contribution in [2.45, 2.75) is 49.6 Å². The van der Waals surface area contributed by atoms with Crippen LogP contribution in [0.15, 0.2) is 35.2 Å². The zero-order valence-electron chi connectivity index (χ0n) is 16.3. The minimum atomic E-state index is -0.807. The second-order valence-corrected chi connectivity index (χ2v) is 8.15. The fourth-order valence-electron chi connectivity index (χ4n) is 3.31. The standard InChI is InChI=1S/C20H31N3O3S/c1-3-16(15-27-18-9-5-4-6-10-18)21-20(26)23-12-7-8-17(11-13-23)22(2)14-19(24)25/h4-6,9-10,16-17H,3,7-8,11-15H2,1-2H3,(H,21,26)(H,24,25). The molecule has 2 rings (SSSR count). The Morgan fingerprint density at radius 1 is 1.30 bits per heavy atom. The molecule has 0 radical (unpaired) electrons. The fraction of sp³-hybridized carbons (Fsp3) is 0.600. The van der Waals surface area contributed by atoms with E-state index in [0.29, 0.717) is 6.54 Å². The third kappa shape index (κ3) is 7.42. The first-order chi connectivity index (χ1) is 13.0. The van der Waals surface area contributed by atoms with Gasteiger partial charge in [0.25, 0.3) is 0 Å². The van der Waals surface area contributed by atoms with Crippen LogP contribution in [0.1, 0.15) is 32.6 Å². The second kappa shape index (κ2) is 11.2. The van der Waals surface area contributed by atoms with E-state index in [9.17, 15) is 9.59 Å². The summed E-state index contributed by atoms with van der Waals surface area (Å²) in [6, 6.07) is 10.6. The Morgan fingerprint density at radius 3 is 2.70 bits per heavy atom. The average molecular weight is 394 g/mol. The van der Waals surface area contributed by atoms with E-state index in [1.807, 2.05) is 35.0 Å². The van der Waals surface area contributed by atoms with Crippen molar-refractivity contribution in [1.82, 2.24) is 15.1 Å². The number of thioether (sulfide) groups is 1. The van der Waals surface area contributed by atoms with Crippen LogP contribution >= 0.6 is 11.8 Å². The van der Waals surface area contributed by atoms with Crippen molar-refractivity contribution in [3.05, 3.63) is 30.3 Å². The maximum Gasteiger partial charge on any atom is 0.317 e. The molecule has 0 aromatic heterocycles. The summed E-state index contributed by atoms with van der Waals surface area (Å²) in [4.78, 5) is 28.6. The molecule has 7 heteroatoms. The highest BCUT2D eigenvalue weighted by molar-refractivity contribution is 7.99. The fourth-order valence-corrected chi connectivity index (χ4v) is 4.37. The van der Waals surface area contributed by atoms with E-state index in [2.05, 4.69) is 24.4 Å². The smallest absolute Gasteiger partial charge is 0.317 e. The van der Waals surface area contributed by atoms with Crippen LogP contribution in [0.5, 0.6) is 0 Å². The van der Waals surface area contributed by atoms with Gasteiger partial charge in [-0.05, 0) is 44.9 Å². The largest absolute Gasteiger partial charge is 0.480 e. The number of carboxylic acid groups (broad SMARTS) is 1. The first-order valence-electron chi connectivity index (χ1n) is 9.65. The van der Waals surface area contributed by atoms with E-state index in [-0.39, 0.29) is 24.7 Å². The lowest BCUT2D eigenvalue weighted by Crippen LogP contribution is -2.46. The quantitative estimate of drug-likeness (QED) is 0.664. The lowest BCUT2D eigenvalue weighted by atomic mass is 10.1. The molecule has 0 saturated carbocycles. The van der Waals surface area contributed by atoms with E-state index in [0.717, 1.165) is 38.0 Å². The zero-order chi connectivity index (χ0) is 19.6. The number of nitrogens with zero attached hydrogens (tertiary/aromatic N) is 2. The SMILES string of the molecule is CCC(CSc1ccccc1)NC(=O)N1CCCC(N(C)CC(=O)O)CC1. The number of hydrogen-bond donors (Lipinski definition) is 2. The first-order valence-corrected chi connectivity index (χ1v) is 10.6. The van der Waals surface area contributed by atoms with Gasteiger partial charge in [0.05, 0.1) is 6.54 Å². The third-order valence-electron chi connectivity index (χ3n) is 5.01. The summed E-state index contributed by atoms with van der Waals surface area (Å²) in [5.41, 5.74) is 0. The summed E-state index contributed by atoms with van der Waals surface area (Å²) in [6.45, 7) is 3.54. The van der Waals surface area contributed by atoms with Crippen LogP contribution in [0.25, 0.3) is 0 Å². The topological polar surface area (TPSA) is 72.9 Å². The predicted octanol–water partition coefficient (Wildman–Crippen LogP) is 3.14. The molecule has 1 aliphatic rings. The van der Waals surface area contributed by atoms with Crippen LogP contribution < -0.4 is 5.32 Å². The molecule has 27 heavy (non-hydrogen) atoms. The summed E-state index contributed by atoms with van der Waals surface area (Å²) in [6.07, 6.45) is 3.53. The number of carbonyl (C=O) groups excluding carboxylic acids is 1. The summed E-state index contributed by atoms with van der Waals surface area (Å²) in [7, 11) is 1.85. The number of rotatable bonds is 8. The molecule has 2 unspecified atom stereocenters. The Kier molecular flexibility index (Phi) is 8.94. The van der Waals surface area contributed by atoms with Crippen molar-refractivity contribution in [3.63, 3.8) is 0 Å². The minimum absolute atomic E-state index is 0.00273. The highest BCUT2D eigenvalue weighted by Gasteiger charge is 2.24. The number of carboxylic acids is 1. The Morgan fingerprint density at radius 2 is 2.04 bits per heavy atom. The normalized spacial score (nSPS) is 18.8. The van der Waals surface area contributed by atoms with Crippen molar-refractivity contribution in [2.75, 3.05) is 32.4 Å². The van der Waals surface area contributed by atoms with E-state index in [1.165, 1.54) is 4.90 Å². The molecule has 2 amide bonds. The number of likely N-dealkylation sites (tertiary alicyclic amines) is 1. The molecule has 1 saturated heterocycles. The number of nitrogens with one attached hydrogen (secondary N) is 1. The van der Waals surface area contributed by atoms with Gasteiger partial charge >= 0.3 is 12.0 Å². The Labute approximate surface area is 166 Å². The van der Waals surface area contributed by atoms with Crippen LogP contribution in [-0.4, -0.2) is 71.4 Å². The molecule has 2 atom stereocenters. The molecular weight excluding hydrogens is 362 g/mol. The first kappa shape index (κ1) is 21.6. The van der Waals surface area contributed by atoms with Crippen LogP contribution in [0.3, 0.4) is 0 Å². The van der Waals surface area contributed by atoms with Crippen LogP contribution in [0.4, 0.5) is 4.79 Å². The molecule has 0 aliphatic carbocycles. The molecule has 2 N–H and O–H groups in total. The van der Waals surface area contributed by atoms with Gasteiger partial charge in [-0.3, -0.25) is 9.69 Å². The molecular formula is C20H31N3O3S. The monoisotopic (exact) mass is 393 g/mol. The van der Waals surface area contributed by atoms with Gasteiger partial charge in [-0.1, -0.05) is 25.1 Å². The van der Waals surface area contributed by atoms with Gasteiger partial charge in [-0.25, -0.2) is 4.79 Å². The summed E-state index contributed by atoms with van der Waals surface area (Å²) < 4.78 is 0. The van der Waals surface area contributed by atoms with Gasteiger partial charge in [-0.15, -0.1) is 11.8 Å². The second-order valence-electron chi connectivity index (χ2n) is 7.06. The van der Waals surface area contributed by atoms with E-state index in [4.69, 9.17) is 5.11 Å². The van der Waals surface area contributed by atoms with Crippen molar-refractivity contribution < 1.29 is 14.7 Å². The highest BCUT2D eigenvalue weighted by Crippen LogP contribution is 2.19. The van der Waals surface area contributed by atoms with Gasteiger partial charge in [-0.2, -0.15) is 0 Å². The molecule has 1 aromatic carbocycles. The predicted molar refractivity (Wildman–Crippen MR) is 109 cm³/mol. The zero-order valence-corrected chi connectivity index (χ0v) is 17.1. The van der Waals surface area contributed by atoms with Gasteiger partial charge < -0.3 is 15.3 Å². The number of hydrogen-bond acceptors (Lipinski definition) is 4. The van der Waals surface area contributed by atoms with Crippen LogP contribution in [0.2, 0.25) is 0 Å². The molecule has 0 spiro atoms. The summed E-state index contributed by atoms with van der Waals surface area (Å²) in [5.74, 6) is 0.0439. The van der Waals surface area contributed by atoms with Gasteiger partial charge in [0.2, 0.25) is 0 Å². The maximum absolute atomic E-state index is 12.7. The van der Waals surface area contributed by atoms with Crippen molar-refractivity contribution in [1.29, 1.82) is 0 Å². The molecule has 0 bridgehead atoms. The summed E-state index contributed by atoms with van der Waals surface area (Å²) >= 11 is 1.76. The molecule has 6 nitrogen and oxygen atoms in total. The number of urea groups is 1. The van der Waals surface area contributed by atoms with Crippen molar-refractivity contribution in [2.24, 2.45) is 0 Å². The Bertz CT molecular complexity index is 599. The van der Waals surface area contributed by atoms with Gasteiger partial charge in [0.1, 0.15) is 0 Å². The van der Waals surface area contributed by atoms with E-state index in [1.54, 1.807) is 11.8 Å². The summed E-state index contributed by atoms with van der Waals surface area (Å²) in [5, 5.41) is 12.1. The van der Waals surface area contributed by atoms with E-state index < -0.39 is 5.97 Å². The van der Waals surface area contributed by atoms with Crippen LogP contribution in [-0.2, 0) is 4.79 Å². The number of amides is 2. The third-order valence-corrected chi connectivity index (χ3v) is 6.18. The minimum Gasteiger partial charge on any atom is -0.480 e. The van der Waals surface area contributed by atoms with Gasteiger partial charge in [0.15, 0.2) is 0 Å². The van der Waals surface area contributed by atoms with Crippen LogP contribution in [0, 0.1) is 0 Å². The molecule has 1 fully saturated rings. The number of aliphatic carboxylic acids is 1. The van der Waals surface area contributed by atoms with Crippen molar-refractivity contribution >= 4 is 23.8 Å². The average Bonchev–Trinajstić information content (AvgIpc) is 2.91. The molecule has 150 valence electrons. The molecule has 1 aromatic rings. The number of benzene rings is 1. The number of likely N-dealkylation sites (N-methyl/N-ethyl adjacent to an activating group) is 1. The lowest BCUT2D eigenvalue weighted by molar-refractivity contribution is -0.138. The Balaban J connectivity index is 1.80. The van der Waals surface area contributed by atoms with E-state index >= 15 is 0 Å². The lowest BCUT2D eigenvalue weighted by Gasteiger charge is -2.26. The maximum atomic E-state index is 12.7.